The van der Waals surface area contributed by atoms with Crippen LogP contribution in [-0.2, 0) is 0 Å². The van der Waals surface area contributed by atoms with Gasteiger partial charge in [-0.2, -0.15) is 5.26 Å². The number of amidine groups is 1. The van der Waals surface area contributed by atoms with E-state index in [9.17, 15) is 5.26 Å². The zero-order valence-electron chi connectivity index (χ0n) is 14.2. The highest BCUT2D eigenvalue weighted by Gasteiger charge is 2.35. The summed E-state index contributed by atoms with van der Waals surface area (Å²) in [6, 6.07) is 9.87. The second-order valence-corrected chi connectivity index (χ2v) is 6.97. The minimum absolute atomic E-state index is 0.230. The highest BCUT2D eigenvalue weighted by atomic mass is 35.5. The van der Waals surface area contributed by atoms with Crippen LogP contribution in [0.5, 0.6) is 0 Å². The van der Waals surface area contributed by atoms with Gasteiger partial charge in [-0.3, -0.25) is 0 Å². The smallest absolute Gasteiger partial charge is 0.129 e. The average Bonchev–Trinajstić information content (AvgIpc) is 2.62. The molecule has 0 spiro atoms. The van der Waals surface area contributed by atoms with Crippen molar-refractivity contribution in [1.82, 2.24) is 4.90 Å². The Hall–Kier alpha value is -2.29. The molecule has 6 heteroatoms. The number of halogens is 1. The summed E-state index contributed by atoms with van der Waals surface area (Å²) < 4.78 is 0. The summed E-state index contributed by atoms with van der Waals surface area (Å²) in [4.78, 5) is 6.87. The molecule has 25 heavy (non-hydrogen) atoms. The first kappa shape index (κ1) is 17.5. The van der Waals surface area contributed by atoms with Crippen molar-refractivity contribution in [3.05, 3.63) is 57.9 Å². The fourth-order valence-electron chi connectivity index (χ4n) is 3.63. The van der Waals surface area contributed by atoms with Crippen molar-refractivity contribution in [3.8, 4) is 6.07 Å². The molecule has 2 aliphatic rings. The number of hydrogen-bond donors (Lipinski definition) is 2. The van der Waals surface area contributed by atoms with E-state index in [1.54, 1.807) is 0 Å². The fourth-order valence-corrected chi connectivity index (χ4v) is 3.88. The molecule has 0 radical (unpaired) electrons. The molecule has 5 nitrogen and oxygen atoms in total. The first-order chi connectivity index (χ1) is 12.1. The van der Waals surface area contributed by atoms with E-state index in [1.807, 2.05) is 24.3 Å². The number of rotatable bonds is 2. The summed E-state index contributed by atoms with van der Waals surface area (Å²) in [5.41, 5.74) is 14.9. The molecule has 1 aromatic rings. The minimum atomic E-state index is -0.365. The normalized spacial score (nSPS) is 24.3. The SMILES string of the molecule is CN1CCC(C2=C(C#N)C(c3ccccc3Cl)/C(=C/N)C(N)=N2)CC1. The van der Waals surface area contributed by atoms with E-state index in [0.717, 1.165) is 37.2 Å². The van der Waals surface area contributed by atoms with Crippen LogP contribution in [0.2, 0.25) is 5.02 Å². The Kier molecular flexibility index (Phi) is 5.12. The zero-order valence-corrected chi connectivity index (χ0v) is 15.0. The average molecular weight is 356 g/mol. The Morgan fingerprint density at radius 3 is 2.60 bits per heavy atom. The van der Waals surface area contributed by atoms with Gasteiger partial charge in [-0.25, -0.2) is 4.99 Å². The van der Waals surface area contributed by atoms with Gasteiger partial charge in [0.25, 0.3) is 0 Å². The number of benzene rings is 1. The summed E-state index contributed by atoms with van der Waals surface area (Å²) in [7, 11) is 2.11. The van der Waals surface area contributed by atoms with Crippen molar-refractivity contribution in [2.75, 3.05) is 20.1 Å². The molecule has 1 saturated heterocycles. The van der Waals surface area contributed by atoms with Crippen LogP contribution in [-0.4, -0.2) is 30.9 Å². The second-order valence-electron chi connectivity index (χ2n) is 6.56. The van der Waals surface area contributed by atoms with Crippen LogP contribution in [0.4, 0.5) is 0 Å². The van der Waals surface area contributed by atoms with Crippen molar-refractivity contribution < 1.29 is 0 Å². The molecule has 1 aromatic carbocycles. The van der Waals surface area contributed by atoms with Crippen LogP contribution in [0.1, 0.15) is 24.3 Å². The molecule has 3 rings (SSSR count). The van der Waals surface area contributed by atoms with Crippen LogP contribution < -0.4 is 11.5 Å². The highest BCUT2D eigenvalue weighted by Crippen LogP contribution is 2.43. The molecule has 130 valence electrons. The molecule has 0 bridgehead atoms. The van der Waals surface area contributed by atoms with Gasteiger partial charge < -0.3 is 16.4 Å². The molecule has 1 fully saturated rings. The predicted octanol–water partition coefficient (Wildman–Crippen LogP) is 2.76. The van der Waals surface area contributed by atoms with Crippen molar-refractivity contribution in [1.29, 1.82) is 5.26 Å². The Bertz CT molecular complexity index is 794. The number of aliphatic imine (C=N–C) groups is 1. The molecule has 2 aliphatic heterocycles. The number of allylic oxidation sites excluding steroid dienone is 2. The van der Waals surface area contributed by atoms with Crippen molar-refractivity contribution in [3.63, 3.8) is 0 Å². The molecule has 0 aromatic heterocycles. The minimum Gasteiger partial charge on any atom is -0.404 e. The van der Waals surface area contributed by atoms with Crippen LogP contribution >= 0.6 is 11.6 Å². The Balaban J connectivity index is 2.13. The van der Waals surface area contributed by atoms with Crippen molar-refractivity contribution in [2.45, 2.75) is 18.8 Å². The van der Waals surface area contributed by atoms with Gasteiger partial charge in [0.1, 0.15) is 5.84 Å². The standard InChI is InChI=1S/C19H22ClN5/c1-25-8-6-12(7-9-25)18-14(10-21)17(15(11-22)19(23)24-18)13-4-2-3-5-16(13)20/h2-5,11-12,17H,6-9,22H2,1H3,(H2,23,24)/b15-11-. The quantitative estimate of drug-likeness (QED) is 0.853. The molecule has 2 heterocycles. The van der Waals surface area contributed by atoms with Crippen LogP contribution in [0.15, 0.2) is 52.3 Å². The third kappa shape index (κ3) is 3.28. The largest absolute Gasteiger partial charge is 0.404 e. The molecule has 0 saturated carbocycles. The number of piperidine rings is 1. The van der Waals surface area contributed by atoms with Crippen molar-refractivity contribution >= 4 is 17.4 Å². The highest BCUT2D eigenvalue weighted by molar-refractivity contribution is 6.31. The Morgan fingerprint density at radius 1 is 1.32 bits per heavy atom. The van der Waals surface area contributed by atoms with E-state index in [1.165, 1.54) is 6.20 Å². The third-order valence-corrected chi connectivity index (χ3v) is 5.38. The number of nitriles is 1. The molecule has 0 aliphatic carbocycles. The third-order valence-electron chi connectivity index (χ3n) is 5.03. The summed E-state index contributed by atoms with van der Waals surface area (Å²) >= 11 is 6.42. The van der Waals surface area contributed by atoms with E-state index in [4.69, 9.17) is 23.1 Å². The van der Waals surface area contributed by atoms with Gasteiger partial charge in [-0.15, -0.1) is 0 Å². The maximum absolute atomic E-state index is 9.93. The lowest BCUT2D eigenvalue weighted by atomic mass is 9.78. The topological polar surface area (TPSA) is 91.4 Å². The van der Waals surface area contributed by atoms with Gasteiger partial charge in [0.05, 0.1) is 23.3 Å². The second kappa shape index (κ2) is 7.30. The molecule has 0 amide bonds. The fraction of sp³-hybridized carbons (Fsp3) is 0.368. The summed E-state index contributed by atoms with van der Waals surface area (Å²) in [5.74, 6) is 0.241. The zero-order chi connectivity index (χ0) is 18.0. The van der Waals surface area contributed by atoms with E-state index in [0.29, 0.717) is 22.0 Å². The first-order valence-electron chi connectivity index (χ1n) is 8.40. The van der Waals surface area contributed by atoms with Crippen LogP contribution in [0.3, 0.4) is 0 Å². The van der Waals surface area contributed by atoms with E-state index < -0.39 is 0 Å². The first-order valence-corrected chi connectivity index (χ1v) is 8.78. The number of likely N-dealkylation sites (tertiary alicyclic amines) is 1. The lowest BCUT2D eigenvalue weighted by Crippen LogP contribution is -2.34. The number of hydrogen-bond acceptors (Lipinski definition) is 5. The van der Waals surface area contributed by atoms with E-state index in [-0.39, 0.29) is 11.8 Å². The monoisotopic (exact) mass is 355 g/mol. The summed E-state index contributed by atoms with van der Waals surface area (Å²) in [6.45, 7) is 1.97. The number of nitrogens with zero attached hydrogens (tertiary/aromatic N) is 3. The van der Waals surface area contributed by atoms with Crippen LogP contribution in [0.25, 0.3) is 0 Å². The summed E-state index contributed by atoms with van der Waals surface area (Å²) in [6.07, 6.45) is 3.37. The molecule has 4 N–H and O–H groups in total. The molecule has 1 atom stereocenters. The van der Waals surface area contributed by atoms with Gasteiger partial charge in [0.2, 0.25) is 0 Å². The molecule has 1 unspecified atom stereocenters. The lowest BCUT2D eigenvalue weighted by molar-refractivity contribution is 0.236. The maximum Gasteiger partial charge on any atom is 0.129 e. The van der Waals surface area contributed by atoms with E-state index in [2.05, 4.69) is 23.0 Å². The van der Waals surface area contributed by atoms with Gasteiger partial charge in [-0.1, -0.05) is 29.8 Å². The molecular weight excluding hydrogens is 334 g/mol. The van der Waals surface area contributed by atoms with E-state index >= 15 is 0 Å². The summed E-state index contributed by atoms with van der Waals surface area (Å²) in [5, 5.41) is 10.5. The van der Waals surface area contributed by atoms with Gasteiger partial charge in [-0.05, 0) is 44.6 Å². The van der Waals surface area contributed by atoms with Gasteiger partial charge >= 0.3 is 0 Å². The lowest BCUT2D eigenvalue weighted by Gasteiger charge is -2.33. The molecular formula is C19H22ClN5. The maximum atomic E-state index is 9.93. The van der Waals surface area contributed by atoms with Crippen LogP contribution in [0, 0.1) is 17.2 Å². The van der Waals surface area contributed by atoms with Gasteiger partial charge in [0, 0.05) is 22.7 Å². The number of nitrogens with two attached hydrogens (primary N) is 2. The Morgan fingerprint density at radius 2 is 2.00 bits per heavy atom. The predicted molar refractivity (Wildman–Crippen MR) is 101 cm³/mol. The Labute approximate surface area is 153 Å². The van der Waals surface area contributed by atoms with Gasteiger partial charge in [0.15, 0.2) is 0 Å². The van der Waals surface area contributed by atoms with Crippen molar-refractivity contribution in [2.24, 2.45) is 22.4 Å².